The zero-order chi connectivity index (χ0) is 33.8. The van der Waals surface area contributed by atoms with Gasteiger partial charge in [-0.25, -0.2) is 4.57 Å². The fraction of sp³-hybridized carbons (Fsp3) is 0.774. The number of rotatable bonds is 23. The SMILES string of the molecule is CCCC/C=C/CC/C=C/C(O)C(COP(=O)(O)OC1C(O)C(O)C(O)C(O)C1O)NC(=O)CC(O)C/C=C\CCCCCC. The van der Waals surface area contributed by atoms with Gasteiger partial charge in [0.25, 0.3) is 0 Å². The Kier molecular flexibility index (Phi) is 21.2. The molecule has 45 heavy (non-hydrogen) atoms. The molecule has 0 spiro atoms. The van der Waals surface area contributed by atoms with Crippen molar-refractivity contribution in [2.75, 3.05) is 6.61 Å². The molecule has 0 aromatic rings. The topological polar surface area (TPSA) is 226 Å². The largest absolute Gasteiger partial charge is 0.472 e. The lowest BCUT2D eigenvalue weighted by Crippen LogP contribution is -2.64. The third-order valence-corrected chi connectivity index (χ3v) is 8.43. The van der Waals surface area contributed by atoms with Gasteiger partial charge in [0, 0.05) is 0 Å². The smallest absolute Gasteiger partial charge is 0.392 e. The molecule has 262 valence electrons. The van der Waals surface area contributed by atoms with Gasteiger partial charge in [0.1, 0.15) is 36.6 Å². The molecule has 0 aliphatic heterocycles. The lowest BCUT2D eigenvalue weighted by atomic mass is 9.85. The van der Waals surface area contributed by atoms with Gasteiger partial charge >= 0.3 is 7.82 Å². The number of hydrogen-bond acceptors (Lipinski definition) is 11. The average molecular weight is 666 g/mol. The van der Waals surface area contributed by atoms with Crippen molar-refractivity contribution in [3.63, 3.8) is 0 Å². The molecule has 0 heterocycles. The van der Waals surface area contributed by atoms with Crippen molar-refractivity contribution in [3.8, 4) is 0 Å². The Balaban J connectivity index is 2.82. The number of unbranched alkanes of at least 4 members (excludes halogenated alkanes) is 7. The molecular weight excluding hydrogens is 609 g/mol. The molecule has 0 saturated heterocycles. The fourth-order valence-corrected chi connectivity index (χ4v) is 5.62. The van der Waals surface area contributed by atoms with Crippen LogP contribution >= 0.6 is 7.82 Å². The summed E-state index contributed by atoms with van der Waals surface area (Å²) in [5.41, 5.74) is 0. The number of phosphoric acid groups is 1. The Morgan fingerprint density at radius 1 is 0.778 bits per heavy atom. The molecule has 0 aromatic heterocycles. The monoisotopic (exact) mass is 665 g/mol. The fourth-order valence-electron chi connectivity index (χ4n) is 4.65. The molecule has 1 rings (SSSR count). The van der Waals surface area contributed by atoms with Gasteiger partial charge in [-0.3, -0.25) is 13.8 Å². The number of nitrogens with one attached hydrogen (secondary N) is 1. The quantitative estimate of drug-likeness (QED) is 0.0433. The first-order chi connectivity index (χ1) is 21.3. The van der Waals surface area contributed by atoms with Gasteiger partial charge in [-0.1, -0.05) is 82.4 Å². The third-order valence-electron chi connectivity index (χ3n) is 7.45. The van der Waals surface area contributed by atoms with Gasteiger partial charge in [0.15, 0.2) is 0 Å². The molecule has 1 aliphatic carbocycles. The summed E-state index contributed by atoms with van der Waals surface area (Å²) in [5, 5.41) is 73.3. The van der Waals surface area contributed by atoms with E-state index in [-0.39, 0.29) is 12.8 Å². The molecule has 1 aliphatic rings. The van der Waals surface area contributed by atoms with Crippen molar-refractivity contribution >= 4 is 13.7 Å². The Labute approximate surface area is 266 Å². The summed E-state index contributed by atoms with van der Waals surface area (Å²) in [6, 6.07) is -1.27. The minimum absolute atomic E-state index is 0.245. The van der Waals surface area contributed by atoms with Crippen molar-refractivity contribution in [1.29, 1.82) is 0 Å². The maximum atomic E-state index is 12.7. The van der Waals surface area contributed by atoms with Crippen molar-refractivity contribution < 1.29 is 59.0 Å². The Hall–Kier alpha value is -1.48. The van der Waals surface area contributed by atoms with Crippen LogP contribution in [0.4, 0.5) is 0 Å². The van der Waals surface area contributed by atoms with Crippen LogP contribution in [0.25, 0.3) is 0 Å². The van der Waals surface area contributed by atoms with E-state index < -0.39 is 75.2 Å². The molecule has 0 radical (unpaired) electrons. The molecule has 8 atom stereocenters. The number of hydrogen-bond donors (Lipinski definition) is 9. The highest BCUT2D eigenvalue weighted by molar-refractivity contribution is 7.47. The van der Waals surface area contributed by atoms with Crippen LogP contribution in [-0.2, 0) is 18.4 Å². The normalized spacial score (nSPS) is 27.6. The van der Waals surface area contributed by atoms with Crippen molar-refractivity contribution in [2.45, 2.75) is 146 Å². The number of phosphoric ester groups is 1. The number of amides is 1. The van der Waals surface area contributed by atoms with Crippen LogP contribution in [0.15, 0.2) is 36.5 Å². The van der Waals surface area contributed by atoms with Gasteiger partial charge in [-0.15, -0.1) is 0 Å². The van der Waals surface area contributed by atoms with Crippen molar-refractivity contribution in [1.82, 2.24) is 5.32 Å². The number of allylic oxidation sites excluding steroid dienone is 4. The molecule has 1 amide bonds. The summed E-state index contributed by atoms with van der Waals surface area (Å²) in [4.78, 5) is 23.0. The second-order valence-electron chi connectivity index (χ2n) is 11.5. The number of carbonyl (C=O) groups excluding carboxylic acids is 1. The molecular formula is C31H56NO12P. The van der Waals surface area contributed by atoms with E-state index in [2.05, 4.69) is 25.2 Å². The van der Waals surface area contributed by atoms with Crippen LogP contribution in [0.2, 0.25) is 0 Å². The minimum Gasteiger partial charge on any atom is -0.392 e. The minimum atomic E-state index is -5.13. The maximum absolute atomic E-state index is 12.7. The van der Waals surface area contributed by atoms with E-state index in [1.807, 2.05) is 12.2 Å². The molecule has 13 nitrogen and oxygen atoms in total. The predicted octanol–water partition coefficient (Wildman–Crippen LogP) is 1.90. The highest BCUT2D eigenvalue weighted by Crippen LogP contribution is 2.47. The second-order valence-corrected chi connectivity index (χ2v) is 12.9. The third kappa shape index (κ3) is 16.8. The molecule has 1 saturated carbocycles. The Bertz CT molecular complexity index is 932. The van der Waals surface area contributed by atoms with E-state index in [0.29, 0.717) is 6.42 Å². The highest BCUT2D eigenvalue weighted by atomic mass is 31.2. The average Bonchev–Trinajstić information content (AvgIpc) is 3.00. The van der Waals surface area contributed by atoms with Crippen molar-refractivity contribution in [2.24, 2.45) is 0 Å². The molecule has 1 fully saturated rings. The second kappa shape index (κ2) is 22.9. The van der Waals surface area contributed by atoms with Gasteiger partial charge in [-0.05, 0) is 38.5 Å². The summed E-state index contributed by atoms with van der Waals surface area (Å²) in [6.45, 7) is 3.48. The first kappa shape index (κ1) is 41.5. The summed E-state index contributed by atoms with van der Waals surface area (Å²) >= 11 is 0. The van der Waals surface area contributed by atoms with Crippen LogP contribution in [0.1, 0.15) is 90.9 Å². The van der Waals surface area contributed by atoms with Crippen LogP contribution in [0.3, 0.4) is 0 Å². The summed E-state index contributed by atoms with van der Waals surface area (Å²) < 4.78 is 22.5. The molecule has 9 N–H and O–H groups in total. The highest BCUT2D eigenvalue weighted by Gasteiger charge is 2.51. The molecule has 14 heteroatoms. The lowest BCUT2D eigenvalue weighted by molar-refractivity contribution is -0.220. The van der Waals surface area contributed by atoms with E-state index in [9.17, 15) is 50.0 Å². The standard InChI is InChI=1S/C31H56NO12P/c1-3-5-7-9-11-13-15-17-19-24(34)23(32-25(35)20-22(33)18-16-14-12-10-8-6-4-2)21-43-45(41,42)44-31-29(39)27(37)26(36)28(38)30(31)40/h9,11,14,16-17,19,22-24,26-31,33-34,36-40H,3-8,10,12-13,15,18,20-21H2,1-2H3,(H,32,35)(H,41,42)/b11-9+,16-14-,19-17+. The zero-order valence-corrected chi connectivity index (χ0v) is 27.4. The first-order valence-electron chi connectivity index (χ1n) is 16.0. The van der Waals surface area contributed by atoms with Gasteiger partial charge in [0.05, 0.1) is 31.3 Å². The number of carbonyl (C=O) groups is 1. The number of aliphatic hydroxyl groups is 7. The van der Waals surface area contributed by atoms with E-state index in [4.69, 9.17) is 9.05 Å². The summed E-state index contributed by atoms with van der Waals surface area (Å²) in [6.07, 6.45) is 6.33. The van der Waals surface area contributed by atoms with Crippen LogP contribution < -0.4 is 5.32 Å². The van der Waals surface area contributed by atoms with Crippen LogP contribution in [-0.4, -0.2) is 108 Å². The Morgan fingerprint density at radius 2 is 1.33 bits per heavy atom. The van der Waals surface area contributed by atoms with Crippen LogP contribution in [0, 0.1) is 0 Å². The van der Waals surface area contributed by atoms with E-state index in [0.717, 1.165) is 57.8 Å². The molecule has 0 aromatic carbocycles. The number of aliphatic hydroxyl groups excluding tert-OH is 7. The van der Waals surface area contributed by atoms with E-state index in [1.165, 1.54) is 6.08 Å². The molecule has 0 bridgehead atoms. The van der Waals surface area contributed by atoms with E-state index >= 15 is 0 Å². The van der Waals surface area contributed by atoms with Crippen LogP contribution in [0.5, 0.6) is 0 Å². The Morgan fingerprint density at radius 3 is 1.98 bits per heavy atom. The van der Waals surface area contributed by atoms with Crippen molar-refractivity contribution in [3.05, 3.63) is 36.5 Å². The first-order valence-corrected chi connectivity index (χ1v) is 17.5. The lowest BCUT2D eigenvalue weighted by Gasteiger charge is -2.41. The molecule has 8 unspecified atom stereocenters. The van der Waals surface area contributed by atoms with Gasteiger partial charge < -0.3 is 46.0 Å². The summed E-state index contributed by atoms with van der Waals surface area (Å²) in [7, 11) is -5.13. The zero-order valence-electron chi connectivity index (χ0n) is 26.5. The van der Waals surface area contributed by atoms with Gasteiger partial charge in [-0.2, -0.15) is 0 Å². The maximum Gasteiger partial charge on any atom is 0.472 e. The predicted molar refractivity (Wildman–Crippen MR) is 169 cm³/mol. The van der Waals surface area contributed by atoms with Gasteiger partial charge in [0.2, 0.25) is 5.91 Å². The van der Waals surface area contributed by atoms with E-state index in [1.54, 1.807) is 12.2 Å². The summed E-state index contributed by atoms with van der Waals surface area (Å²) in [5.74, 6) is -0.647.